The average Bonchev–Trinajstić information content (AvgIpc) is 1.71. The molecule has 0 aliphatic heterocycles. The van der Waals surface area contributed by atoms with Crippen molar-refractivity contribution in [2.24, 2.45) is 0 Å². The van der Waals surface area contributed by atoms with Gasteiger partial charge in [-0.15, -0.1) is 0 Å². The van der Waals surface area contributed by atoms with Crippen molar-refractivity contribution >= 4 is 30.1 Å². The van der Waals surface area contributed by atoms with Crippen LogP contribution in [0.25, 0.3) is 0 Å². The van der Waals surface area contributed by atoms with E-state index in [0.29, 0.717) is 0 Å². The first-order chi connectivity index (χ1) is 7.41. The van der Waals surface area contributed by atoms with Crippen LogP contribution in [0.3, 0.4) is 0 Å². The maximum absolute atomic E-state index is 9.75. The van der Waals surface area contributed by atoms with Crippen LogP contribution in [-0.2, 0) is 9.13 Å². The molecule has 20 heavy (non-hydrogen) atoms. The Morgan fingerprint density at radius 1 is 0.450 bits per heavy atom. The molecule has 0 saturated heterocycles. The van der Waals surface area contributed by atoms with Crippen LogP contribution >= 0.6 is 8.34 Å². The minimum absolute atomic E-state index is 0. The predicted molar refractivity (Wildman–Crippen MR) is 43.9 cm³/mol. The van der Waals surface area contributed by atoms with Gasteiger partial charge in [0, 0.05) is 0 Å². The Kier molecular flexibility index (Phi) is 29.8. The van der Waals surface area contributed by atoms with Crippen LogP contribution in [0.1, 0.15) is 0 Å². The van der Waals surface area contributed by atoms with Crippen LogP contribution in [0.2, 0.25) is 0 Å². The Hall–Kier alpha value is -0.755. The summed E-state index contributed by atoms with van der Waals surface area (Å²) in [5.41, 5.74) is 0. The van der Waals surface area contributed by atoms with Crippen molar-refractivity contribution in [1.29, 1.82) is 0 Å². The molecule has 0 fully saturated rings. The molecule has 0 bridgehead atoms. The van der Waals surface area contributed by atoms with Gasteiger partial charge < -0.3 is 51.8 Å². The fourth-order valence-corrected chi connectivity index (χ4v) is 0. The molecule has 0 aliphatic carbocycles. The van der Waals surface area contributed by atoms with E-state index in [1.165, 1.54) is 0 Å². The molecule has 0 saturated carbocycles. The molecule has 0 aromatic rings. The first-order valence-corrected chi connectivity index (χ1v) is 3.71. The molecule has 128 valence electrons. The van der Waals surface area contributed by atoms with Crippen molar-refractivity contribution in [2.45, 2.75) is 0 Å². The van der Waals surface area contributed by atoms with E-state index >= 15 is 0 Å². The molecule has 2 nitrogen and oxygen atoms in total. The van der Waals surface area contributed by atoms with Gasteiger partial charge in [0.25, 0.3) is 0 Å². The van der Waals surface area contributed by atoms with E-state index in [2.05, 4.69) is 0 Å². The zero-order valence-corrected chi connectivity index (χ0v) is 9.24. The summed E-state index contributed by atoms with van der Waals surface area (Å²) in [6.45, 7) is 0. The van der Waals surface area contributed by atoms with Gasteiger partial charge >= 0.3 is 39.2 Å². The second-order valence-electron chi connectivity index (χ2n) is 1.56. The molecule has 0 radical (unpaired) electrons. The number of hydrogen-bond acceptors (Lipinski definition) is 2. The first kappa shape index (κ1) is 36.5. The van der Waals surface area contributed by atoms with Gasteiger partial charge in [-0.25, -0.2) is 0 Å². The molecule has 0 rings (SSSR count). The zero-order valence-electron chi connectivity index (χ0n) is 8.35. The second-order valence-corrected chi connectivity index (χ2v) is 1.71. The Morgan fingerprint density at radius 3 is 0.450 bits per heavy atom. The number of rotatable bonds is 0. The van der Waals surface area contributed by atoms with Crippen LogP contribution in [0.4, 0.5) is 61.2 Å². The van der Waals surface area contributed by atoms with E-state index < -0.39 is 30.1 Å². The standard InChI is InChI=1S/3BF4.2FH.O2P/c3*2-1(3,4)5;;;1-3-2/h;;;2*1H;/q3*-1;;;+1. The Morgan fingerprint density at radius 2 is 0.450 bits per heavy atom. The summed E-state index contributed by atoms with van der Waals surface area (Å²) in [6, 6.07) is 0. The van der Waals surface area contributed by atoms with Crippen LogP contribution < -0.4 is 0 Å². The number of hydrogen-bond donors (Lipinski definition) is 0. The molecule has 0 N–H and O–H groups in total. The second kappa shape index (κ2) is 16.3. The van der Waals surface area contributed by atoms with Gasteiger partial charge in [0.05, 0.1) is 0 Å². The summed E-state index contributed by atoms with van der Waals surface area (Å²) >= 11 is 0. The zero-order chi connectivity index (χ0) is 16.2. The topological polar surface area (TPSA) is 34.1 Å². The third kappa shape index (κ3) is 7980. The first-order valence-electron chi connectivity index (χ1n) is 2.98. The van der Waals surface area contributed by atoms with E-state index in [9.17, 15) is 51.8 Å². The van der Waals surface area contributed by atoms with Gasteiger partial charge in [0.1, 0.15) is 0 Å². The Balaban J connectivity index is -0.0000000321. The van der Waals surface area contributed by atoms with Crippen molar-refractivity contribution < 1.29 is 70.3 Å². The molecule has 0 amide bonds. The van der Waals surface area contributed by atoms with E-state index in [0.717, 1.165) is 0 Å². The Bertz CT molecular complexity index is 161. The molecular weight excluding hydrogens is 361 g/mol. The summed E-state index contributed by atoms with van der Waals surface area (Å²) in [5.74, 6) is 0. The SMILES string of the molecule is F.F.F[B-](F)(F)F.F[B-](F)(F)F.F[B-](F)(F)F.O=[P+]=O. The predicted octanol–water partition coefficient (Wildman–Crippen LogP) is 4.83. The third-order valence-electron chi connectivity index (χ3n) is 0. The van der Waals surface area contributed by atoms with E-state index in [1.807, 2.05) is 0 Å². The molecule has 0 atom stereocenters. The summed E-state index contributed by atoms with van der Waals surface area (Å²) in [6.07, 6.45) is 0. The molecule has 20 heteroatoms. The van der Waals surface area contributed by atoms with Crippen LogP contribution in [-0.4, -0.2) is 21.8 Å². The van der Waals surface area contributed by atoms with E-state index in [4.69, 9.17) is 9.13 Å². The maximum atomic E-state index is 9.75. The van der Waals surface area contributed by atoms with Gasteiger partial charge in [-0.05, 0) is 0 Å². The summed E-state index contributed by atoms with van der Waals surface area (Å²) in [5, 5.41) is 0. The normalized spacial score (nSPS) is 9.40. The Labute approximate surface area is 102 Å². The quantitative estimate of drug-likeness (QED) is 0.351. The van der Waals surface area contributed by atoms with E-state index in [-0.39, 0.29) is 9.41 Å². The summed E-state index contributed by atoms with van der Waals surface area (Å²) < 4.78 is 134. The molecule has 0 unspecified atom stereocenters. The van der Waals surface area contributed by atoms with Crippen molar-refractivity contribution in [3.05, 3.63) is 0 Å². The molecule has 0 aliphatic rings. The van der Waals surface area contributed by atoms with Crippen molar-refractivity contribution in [1.82, 2.24) is 0 Å². The minimum atomic E-state index is -6.00. The average molecular weight is 363 g/mol. The molecule has 0 aromatic carbocycles. The molecule has 0 heterocycles. The van der Waals surface area contributed by atoms with Gasteiger partial charge in [-0.1, -0.05) is 0 Å². The van der Waals surface area contributed by atoms with E-state index in [1.54, 1.807) is 0 Å². The number of halogens is 14. The third-order valence-corrected chi connectivity index (χ3v) is 0. The van der Waals surface area contributed by atoms with Crippen LogP contribution in [0.5, 0.6) is 0 Å². The van der Waals surface area contributed by atoms with Gasteiger partial charge in [-0.3, -0.25) is 9.41 Å². The van der Waals surface area contributed by atoms with Crippen molar-refractivity contribution in [3.8, 4) is 0 Å². The summed E-state index contributed by atoms with van der Waals surface area (Å²) in [7, 11) is -19.1. The van der Waals surface area contributed by atoms with Gasteiger partial charge in [-0.2, -0.15) is 0 Å². The van der Waals surface area contributed by atoms with Gasteiger partial charge in [0.2, 0.25) is 0 Å². The fourth-order valence-electron chi connectivity index (χ4n) is 0. The van der Waals surface area contributed by atoms with Crippen LogP contribution in [0, 0.1) is 0 Å². The van der Waals surface area contributed by atoms with Crippen molar-refractivity contribution in [3.63, 3.8) is 0 Å². The van der Waals surface area contributed by atoms with Crippen molar-refractivity contribution in [2.75, 3.05) is 0 Å². The summed E-state index contributed by atoms with van der Waals surface area (Å²) in [4.78, 5) is 0. The molecular formula is H2B3F14O2P-2. The molecule has 0 spiro atoms. The van der Waals surface area contributed by atoms with Gasteiger partial charge in [0.15, 0.2) is 0 Å². The fraction of sp³-hybridized carbons (Fsp3) is 0. The monoisotopic (exact) mass is 364 g/mol. The molecule has 0 aromatic heterocycles. The van der Waals surface area contributed by atoms with Crippen LogP contribution in [0.15, 0.2) is 0 Å².